The number of phenols is 2. The molecule has 0 saturated heterocycles. The Balaban J connectivity index is 1.33. The first-order valence-corrected chi connectivity index (χ1v) is 20.2. The van der Waals surface area contributed by atoms with E-state index in [0.717, 1.165) is 11.1 Å². The lowest BCUT2D eigenvalue weighted by atomic mass is 10.0. The number of ether oxygens (including phenoxy) is 3. The predicted molar refractivity (Wildman–Crippen MR) is 225 cm³/mol. The van der Waals surface area contributed by atoms with Gasteiger partial charge in [0, 0.05) is 11.1 Å². The molecule has 1 unspecified atom stereocenters. The number of hydrogen-bond donors (Lipinski definition) is 2. The molecule has 0 aliphatic heterocycles. The molecule has 0 spiro atoms. The van der Waals surface area contributed by atoms with Gasteiger partial charge in [0.2, 0.25) is 11.7 Å². The highest BCUT2D eigenvalue weighted by atomic mass is 79.9. The highest BCUT2D eigenvalue weighted by Gasteiger charge is 2.36. The van der Waals surface area contributed by atoms with Crippen LogP contribution in [0, 0.1) is 0 Å². The lowest BCUT2D eigenvalue weighted by Gasteiger charge is -2.20. The summed E-state index contributed by atoms with van der Waals surface area (Å²) >= 11 is 14.1. The fourth-order valence-corrected chi connectivity index (χ4v) is 7.61. The zero-order valence-electron chi connectivity index (χ0n) is 31.0. The summed E-state index contributed by atoms with van der Waals surface area (Å²) in [5.41, 5.74) is 1.12. The second-order valence-corrected chi connectivity index (χ2v) is 16.8. The first-order valence-electron chi connectivity index (χ1n) is 17.1. The van der Waals surface area contributed by atoms with Crippen LogP contribution in [0.4, 0.5) is 0 Å². The molecule has 0 bridgehead atoms. The van der Waals surface area contributed by atoms with Crippen LogP contribution in [0.15, 0.2) is 88.9 Å². The number of carbonyl (C=O) groups excluding carboxylic acids is 2. The van der Waals surface area contributed by atoms with Crippen LogP contribution in [0.25, 0.3) is 0 Å². The van der Waals surface area contributed by atoms with Crippen molar-refractivity contribution in [2.75, 3.05) is 0 Å². The Morgan fingerprint density at radius 3 is 1.53 bits per heavy atom. The maximum atomic E-state index is 12.9. The van der Waals surface area contributed by atoms with Crippen LogP contribution in [0.1, 0.15) is 89.0 Å². The molecule has 1 atom stereocenters. The number of carbonyl (C=O) groups is 2. The number of esters is 2. The third-order valence-electron chi connectivity index (χ3n) is 7.91. The van der Waals surface area contributed by atoms with Gasteiger partial charge in [-0.25, -0.2) is 9.59 Å². The molecule has 4 rings (SSSR count). The van der Waals surface area contributed by atoms with Crippen molar-refractivity contribution in [3.05, 3.63) is 101 Å². The Morgan fingerprint density at radius 2 is 1.13 bits per heavy atom. The van der Waals surface area contributed by atoms with Gasteiger partial charge in [-0.3, -0.25) is 0 Å². The smallest absolute Gasteiger partial charge is 0.360 e. The summed E-state index contributed by atoms with van der Waals surface area (Å²) in [7, 11) is 0. The van der Waals surface area contributed by atoms with Crippen molar-refractivity contribution in [1.82, 2.24) is 0 Å². The molecule has 0 amide bonds. The molecular formula is C40H40Br4N2O9. The Bertz CT molecular complexity index is 2060. The monoisotopic (exact) mass is 1010 g/mol. The number of benzene rings is 4. The predicted octanol–water partition coefficient (Wildman–Crippen LogP) is 12.0. The van der Waals surface area contributed by atoms with E-state index in [2.05, 4.69) is 74.0 Å². The maximum Gasteiger partial charge on any atom is 0.360 e. The Labute approximate surface area is 353 Å². The van der Waals surface area contributed by atoms with E-state index in [0.29, 0.717) is 52.0 Å². The van der Waals surface area contributed by atoms with Gasteiger partial charge in [0.1, 0.15) is 23.0 Å². The van der Waals surface area contributed by atoms with Gasteiger partial charge in [-0.15, -0.1) is 0 Å². The molecule has 0 fully saturated rings. The third-order valence-corrected chi connectivity index (χ3v) is 10.3. The topological polar surface area (TPSA) is 145 Å². The van der Waals surface area contributed by atoms with E-state index in [1.54, 1.807) is 67.6 Å². The summed E-state index contributed by atoms with van der Waals surface area (Å²) in [6.45, 7) is 12.4. The van der Waals surface area contributed by atoms with Gasteiger partial charge in [-0.1, -0.05) is 44.9 Å². The lowest BCUT2D eigenvalue weighted by molar-refractivity contribution is -0.182. The molecule has 0 heterocycles. The van der Waals surface area contributed by atoms with Crippen molar-refractivity contribution in [2.45, 2.75) is 78.4 Å². The van der Waals surface area contributed by atoms with E-state index in [4.69, 9.17) is 23.9 Å². The van der Waals surface area contributed by atoms with Gasteiger partial charge in [-0.05, 0) is 168 Å². The maximum absolute atomic E-state index is 12.9. The van der Waals surface area contributed by atoms with Crippen LogP contribution in [0.2, 0.25) is 0 Å². The Kier molecular flexibility index (Phi) is 15.4. The van der Waals surface area contributed by atoms with Crippen molar-refractivity contribution >= 4 is 88.1 Å². The second-order valence-electron chi connectivity index (χ2n) is 13.4. The molecule has 0 radical (unpaired) electrons. The summed E-state index contributed by atoms with van der Waals surface area (Å²) in [6.07, 6.45) is 1.80. The molecule has 0 saturated carbocycles. The molecule has 4 aromatic carbocycles. The quantitative estimate of drug-likeness (QED) is 0.0514. The minimum Gasteiger partial charge on any atom is -0.508 e. The summed E-state index contributed by atoms with van der Waals surface area (Å²) < 4.78 is 19.7. The molecule has 0 aromatic heterocycles. The van der Waals surface area contributed by atoms with Gasteiger partial charge in [0.25, 0.3) is 0 Å². The van der Waals surface area contributed by atoms with Crippen LogP contribution in [-0.2, 0) is 24.0 Å². The average Bonchev–Trinajstić information content (AvgIpc) is 3.10. The minimum atomic E-state index is -1.63. The Hall–Kier alpha value is -3.92. The standard InChI is InChI=1S/C40H40Br4N2O9/c1-8-35(54-45-19-23-13-29(41)36(30(42)14-23)51-25-9-11-33(47)27(17-25)21(2)3)38(49)53-39(50)40(6,7)55-46-20-24-15-31(43)37(32(44)16-24)52-26-10-12-34(48)28(18-26)22(4)5/h9-22,35,47-48H,8H2,1-7H3. The van der Waals surface area contributed by atoms with Gasteiger partial charge in [0.05, 0.1) is 30.3 Å². The van der Waals surface area contributed by atoms with E-state index in [-0.39, 0.29) is 29.8 Å². The Morgan fingerprint density at radius 1 is 0.709 bits per heavy atom. The molecule has 0 aliphatic rings. The zero-order chi connectivity index (χ0) is 40.6. The fraction of sp³-hybridized carbons (Fsp3) is 0.300. The minimum absolute atomic E-state index is 0.107. The van der Waals surface area contributed by atoms with Crippen LogP contribution in [0.3, 0.4) is 0 Å². The molecule has 15 heteroatoms. The zero-order valence-corrected chi connectivity index (χ0v) is 37.4. The normalized spacial score (nSPS) is 12.4. The number of rotatable bonds is 15. The number of halogens is 4. The number of phenolic OH excluding ortho intramolecular Hbond substituents is 2. The van der Waals surface area contributed by atoms with Crippen LogP contribution < -0.4 is 9.47 Å². The molecule has 11 nitrogen and oxygen atoms in total. The van der Waals surface area contributed by atoms with Crippen molar-refractivity contribution in [1.29, 1.82) is 0 Å². The third kappa shape index (κ3) is 11.8. The van der Waals surface area contributed by atoms with E-state index >= 15 is 0 Å². The van der Waals surface area contributed by atoms with Gasteiger partial charge >= 0.3 is 11.9 Å². The summed E-state index contributed by atoms with van der Waals surface area (Å²) in [4.78, 5) is 36.7. The average molecular weight is 1010 g/mol. The summed E-state index contributed by atoms with van der Waals surface area (Å²) in [5, 5.41) is 28.2. The molecule has 4 aromatic rings. The lowest BCUT2D eigenvalue weighted by Crippen LogP contribution is -2.39. The summed E-state index contributed by atoms with van der Waals surface area (Å²) in [5.74, 6) is 0.828. The highest BCUT2D eigenvalue weighted by Crippen LogP contribution is 2.41. The fourth-order valence-electron chi connectivity index (χ4n) is 4.84. The summed E-state index contributed by atoms with van der Waals surface area (Å²) in [6, 6.07) is 17.1. The van der Waals surface area contributed by atoms with Crippen molar-refractivity contribution in [3.63, 3.8) is 0 Å². The molecule has 292 valence electrons. The molecule has 0 aliphatic carbocycles. The molecule has 55 heavy (non-hydrogen) atoms. The number of nitrogens with zero attached hydrogens (tertiary/aromatic N) is 2. The number of aromatic hydroxyl groups is 2. The van der Waals surface area contributed by atoms with Crippen LogP contribution in [-0.4, -0.2) is 46.3 Å². The second kappa shape index (κ2) is 19.3. The number of oxime groups is 2. The van der Waals surface area contributed by atoms with Crippen molar-refractivity contribution in [2.24, 2.45) is 10.3 Å². The first kappa shape index (κ1) is 43.8. The van der Waals surface area contributed by atoms with E-state index in [1.807, 2.05) is 27.7 Å². The molecule has 2 N–H and O–H groups in total. The molecular weight excluding hydrogens is 972 g/mol. The van der Waals surface area contributed by atoms with Crippen LogP contribution in [0.5, 0.6) is 34.5 Å². The van der Waals surface area contributed by atoms with Gasteiger partial charge < -0.3 is 34.1 Å². The van der Waals surface area contributed by atoms with Gasteiger partial charge in [0.15, 0.2) is 11.5 Å². The van der Waals surface area contributed by atoms with E-state index in [1.165, 1.54) is 26.3 Å². The SMILES string of the molecule is CCC(ON=Cc1cc(Br)c(Oc2ccc(O)c(C(C)C)c2)c(Br)c1)C(=O)OC(=O)C(C)(C)ON=Cc1cc(Br)c(Oc2ccc(O)c(C(C)C)c2)c(Br)c1. The number of hydrogen-bond acceptors (Lipinski definition) is 11. The van der Waals surface area contributed by atoms with E-state index < -0.39 is 23.6 Å². The van der Waals surface area contributed by atoms with Crippen molar-refractivity contribution in [3.8, 4) is 34.5 Å². The van der Waals surface area contributed by atoms with Crippen LogP contribution >= 0.6 is 63.7 Å². The highest BCUT2D eigenvalue weighted by molar-refractivity contribution is 9.11. The van der Waals surface area contributed by atoms with Crippen molar-refractivity contribution < 1.29 is 43.7 Å². The van der Waals surface area contributed by atoms with Gasteiger partial charge in [-0.2, -0.15) is 0 Å². The largest absolute Gasteiger partial charge is 0.508 e. The van der Waals surface area contributed by atoms with E-state index in [9.17, 15) is 19.8 Å². The first-order chi connectivity index (χ1) is 25.9.